The Labute approximate surface area is 168 Å². The van der Waals surface area contributed by atoms with Crippen LogP contribution in [0.2, 0.25) is 0 Å². The Morgan fingerprint density at radius 3 is 2.50 bits per heavy atom. The lowest BCUT2D eigenvalue weighted by molar-refractivity contribution is -0.116. The normalized spacial score (nSPS) is 10.7. The van der Waals surface area contributed by atoms with Crippen molar-refractivity contribution in [1.29, 1.82) is 0 Å². The summed E-state index contributed by atoms with van der Waals surface area (Å²) in [5.41, 5.74) is 0.636. The maximum absolute atomic E-state index is 13.9. The van der Waals surface area contributed by atoms with Crippen LogP contribution < -0.4 is 10.9 Å². The molecule has 2 aromatic carbocycles. The van der Waals surface area contributed by atoms with Gasteiger partial charge in [-0.1, -0.05) is 22.9 Å². The van der Waals surface area contributed by atoms with E-state index in [-0.39, 0.29) is 18.1 Å². The number of amides is 1. The van der Waals surface area contributed by atoms with Gasteiger partial charge >= 0.3 is 0 Å². The highest BCUT2D eigenvalue weighted by molar-refractivity contribution is 9.10. The Bertz CT molecular complexity index is 1080. The van der Waals surface area contributed by atoms with Crippen LogP contribution in [0, 0.1) is 11.6 Å². The van der Waals surface area contributed by atoms with Crippen LogP contribution >= 0.6 is 15.9 Å². The molecule has 3 rings (SSSR count). The smallest absolute Gasteiger partial charge is 0.254 e. The molecule has 5 nitrogen and oxygen atoms in total. The van der Waals surface area contributed by atoms with Gasteiger partial charge in [0, 0.05) is 21.8 Å². The molecule has 0 bridgehead atoms. The van der Waals surface area contributed by atoms with Crippen molar-refractivity contribution in [3.63, 3.8) is 0 Å². The molecule has 0 spiro atoms. The van der Waals surface area contributed by atoms with E-state index >= 15 is 0 Å². The van der Waals surface area contributed by atoms with Crippen LogP contribution in [0.3, 0.4) is 0 Å². The number of nitrogens with zero attached hydrogens (tertiary/aromatic N) is 2. The average molecular weight is 448 g/mol. The number of halogens is 3. The van der Waals surface area contributed by atoms with Gasteiger partial charge < -0.3 is 5.32 Å². The lowest BCUT2D eigenvalue weighted by Gasteiger charge is -2.14. The highest BCUT2D eigenvalue weighted by atomic mass is 79.9. The van der Waals surface area contributed by atoms with Crippen molar-refractivity contribution in [3.8, 4) is 11.4 Å². The summed E-state index contributed by atoms with van der Waals surface area (Å²) in [4.78, 5) is 29.4. The second-order valence-corrected chi connectivity index (χ2v) is 6.94. The van der Waals surface area contributed by atoms with Crippen molar-refractivity contribution in [2.45, 2.75) is 19.9 Å². The molecule has 0 radical (unpaired) electrons. The molecule has 1 heterocycles. The molecule has 8 heteroatoms. The van der Waals surface area contributed by atoms with Gasteiger partial charge in [-0.25, -0.2) is 13.8 Å². The minimum absolute atomic E-state index is 0.00252. The molecule has 3 aromatic rings. The highest BCUT2D eigenvalue weighted by Crippen LogP contribution is 2.20. The summed E-state index contributed by atoms with van der Waals surface area (Å²) in [6.45, 7) is 1.49. The van der Waals surface area contributed by atoms with Crippen molar-refractivity contribution < 1.29 is 13.6 Å². The van der Waals surface area contributed by atoms with E-state index in [9.17, 15) is 18.4 Å². The fraction of sp³-hybridized carbons (Fsp3) is 0.150. The second-order valence-electron chi connectivity index (χ2n) is 6.03. The summed E-state index contributed by atoms with van der Waals surface area (Å²) in [6.07, 6.45) is 0.528. The van der Waals surface area contributed by atoms with Gasteiger partial charge in [0.1, 0.15) is 24.0 Å². The molecule has 0 saturated carbocycles. The van der Waals surface area contributed by atoms with Gasteiger partial charge in [0.15, 0.2) is 0 Å². The molecule has 1 amide bonds. The SMILES string of the molecule is CCc1cc(=O)n(CC(=O)Nc2ccc(Br)cc2F)c(-c2ccc(F)cc2)n1. The first-order valence-corrected chi connectivity index (χ1v) is 9.28. The number of rotatable bonds is 5. The molecular weight excluding hydrogens is 432 g/mol. The maximum atomic E-state index is 13.9. The zero-order chi connectivity index (χ0) is 20.3. The van der Waals surface area contributed by atoms with Crippen LogP contribution in [-0.4, -0.2) is 15.5 Å². The molecule has 0 saturated heterocycles. The zero-order valence-corrected chi connectivity index (χ0v) is 16.5. The number of benzene rings is 2. The van der Waals surface area contributed by atoms with E-state index in [0.717, 1.165) is 0 Å². The zero-order valence-electron chi connectivity index (χ0n) is 14.9. The predicted octanol–water partition coefficient (Wildman–Crippen LogP) is 4.15. The first kappa shape index (κ1) is 19.9. The third-order valence-corrected chi connectivity index (χ3v) is 4.53. The quantitative estimate of drug-likeness (QED) is 0.638. The van der Waals surface area contributed by atoms with Crippen LogP contribution in [0.15, 0.2) is 57.8 Å². The lowest BCUT2D eigenvalue weighted by Crippen LogP contribution is -2.30. The standard InChI is InChI=1S/C20H16BrF2N3O2/c1-2-15-10-19(28)26(20(24-15)12-3-6-14(22)7-4-12)11-18(27)25-17-8-5-13(21)9-16(17)23/h3-10H,2,11H2,1H3,(H,25,27). The molecule has 0 aliphatic heterocycles. The molecular formula is C20H16BrF2N3O2. The molecule has 28 heavy (non-hydrogen) atoms. The summed E-state index contributed by atoms with van der Waals surface area (Å²) >= 11 is 3.15. The number of nitrogens with one attached hydrogen (secondary N) is 1. The van der Waals surface area contributed by atoms with Crippen LogP contribution in [0.4, 0.5) is 14.5 Å². The van der Waals surface area contributed by atoms with Crippen LogP contribution in [0.1, 0.15) is 12.6 Å². The van der Waals surface area contributed by atoms with E-state index in [1.165, 1.54) is 47.0 Å². The number of anilines is 1. The van der Waals surface area contributed by atoms with Gasteiger partial charge in [-0.3, -0.25) is 14.2 Å². The van der Waals surface area contributed by atoms with Crippen molar-refractivity contribution in [1.82, 2.24) is 9.55 Å². The maximum Gasteiger partial charge on any atom is 0.254 e. The topological polar surface area (TPSA) is 64.0 Å². The van der Waals surface area contributed by atoms with Crippen LogP contribution in [0.5, 0.6) is 0 Å². The van der Waals surface area contributed by atoms with Gasteiger partial charge in [-0.05, 0) is 48.9 Å². The van der Waals surface area contributed by atoms with Crippen molar-refractivity contribution in [2.75, 3.05) is 5.32 Å². The number of carbonyl (C=O) groups is 1. The predicted molar refractivity (Wildman–Crippen MR) is 106 cm³/mol. The van der Waals surface area contributed by atoms with E-state index < -0.39 is 23.1 Å². The Morgan fingerprint density at radius 2 is 1.86 bits per heavy atom. The fourth-order valence-corrected chi connectivity index (χ4v) is 2.96. The molecule has 144 valence electrons. The van der Waals surface area contributed by atoms with E-state index in [4.69, 9.17) is 0 Å². The summed E-state index contributed by atoms with van der Waals surface area (Å²) in [5.74, 6) is -1.37. The molecule has 1 aromatic heterocycles. The van der Waals surface area contributed by atoms with Gasteiger partial charge in [0.25, 0.3) is 5.56 Å². The Morgan fingerprint density at radius 1 is 1.14 bits per heavy atom. The highest BCUT2D eigenvalue weighted by Gasteiger charge is 2.15. The van der Waals surface area contributed by atoms with Gasteiger partial charge in [-0.15, -0.1) is 0 Å². The van der Waals surface area contributed by atoms with Crippen molar-refractivity contribution in [3.05, 3.63) is 80.7 Å². The minimum Gasteiger partial charge on any atom is -0.322 e. The van der Waals surface area contributed by atoms with E-state index in [2.05, 4.69) is 26.2 Å². The third-order valence-electron chi connectivity index (χ3n) is 4.03. The summed E-state index contributed by atoms with van der Waals surface area (Å²) in [7, 11) is 0. The minimum atomic E-state index is -0.603. The number of hydrogen-bond acceptors (Lipinski definition) is 3. The molecule has 0 fully saturated rings. The number of hydrogen-bond donors (Lipinski definition) is 1. The first-order valence-electron chi connectivity index (χ1n) is 8.49. The van der Waals surface area contributed by atoms with Crippen LogP contribution in [0.25, 0.3) is 11.4 Å². The molecule has 0 atom stereocenters. The van der Waals surface area contributed by atoms with Gasteiger partial charge in [0.2, 0.25) is 5.91 Å². The largest absolute Gasteiger partial charge is 0.322 e. The van der Waals surface area contributed by atoms with Crippen molar-refractivity contribution >= 4 is 27.5 Å². The molecule has 0 aliphatic rings. The summed E-state index contributed by atoms with van der Waals surface area (Å²) in [5, 5.41) is 2.45. The van der Waals surface area contributed by atoms with Gasteiger partial charge in [0.05, 0.1) is 5.69 Å². The molecule has 1 N–H and O–H groups in total. The van der Waals surface area contributed by atoms with E-state index in [1.54, 1.807) is 6.07 Å². The lowest BCUT2D eigenvalue weighted by atomic mass is 10.2. The van der Waals surface area contributed by atoms with Crippen LogP contribution in [-0.2, 0) is 17.8 Å². The number of carbonyl (C=O) groups excluding carboxylic acids is 1. The summed E-state index contributed by atoms with van der Waals surface area (Å²) < 4.78 is 28.9. The number of aryl methyl sites for hydroxylation is 1. The fourth-order valence-electron chi connectivity index (χ4n) is 2.63. The van der Waals surface area contributed by atoms with E-state index in [1.807, 2.05) is 6.92 Å². The first-order chi connectivity index (χ1) is 13.4. The van der Waals surface area contributed by atoms with Crippen molar-refractivity contribution in [2.24, 2.45) is 0 Å². The average Bonchev–Trinajstić information content (AvgIpc) is 2.66. The second kappa shape index (κ2) is 8.43. The Balaban J connectivity index is 1.95. The Hall–Kier alpha value is -2.87. The molecule has 0 unspecified atom stereocenters. The number of aromatic nitrogens is 2. The monoisotopic (exact) mass is 447 g/mol. The van der Waals surface area contributed by atoms with Gasteiger partial charge in [-0.2, -0.15) is 0 Å². The van der Waals surface area contributed by atoms with E-state index in [0.29, 0.717) is 22.2 Å². The molecule has 0 aliphatic carbocycles. The Kier molecular flexibility index (Phi) is 5.99. The third kappa shape index (κ3) is 4.51. The summed E-state index contributed by atoms with van der Waals surface area (Å²) in [6, 6.07) is 11.1.